The molecule has 1 fully saturated rings. The molecule has 0 bridgehead atoms. The van der Waals surface area contributed by atoms with Crippen LogP contribution < -0.4 is 4.72 Å². The number of halogens is 1. The van der Waals surface area contributed by atoms with Crippen molar-refractivity contribution in [3.8, 4) is 0 Å². The van der Waals surface area contributed by atoms with E-state index in [4.69, 9.17) is 16.3 Å². The zero-order valence-electron chi connectivity index (χ0n) is 13.8. The summed E-state index contributed by atoms with van der Waals surface area (Å²) in [6, 6.07) is 15.5. The van der Waals surface area contributed by atoms with E-state index in [9.17, 15) is 8.42 Å². The molecule has 0 radical (unpaired) electrons. The van der Waals surface area contributed by atoms with Crippen molar-refractivity contribution in [2.45, 2.75) is 10.9 Å². The summed E-state index contributed by atoms with van der Waals surface area (Å²) in [5, 5.41) is 0.506. The Labute approximate surface area is 153 Å². The first-order valence-electron chi connectivity index (χ1n) is 8.17. The second-order valence-corrected chi connectivity index (χ2v) is 8.10. The highest BCUT2D eigenvalue weighted by molar-refractivity contribution is 7.89. The third kappa shape index (κ3) is 5.03. The van der Waals surface area contributed by atoms with Crippen LogP contribution in [0.1, 0.15) is 11.6 Å². The summed E-state index contributed by atoms with van der Waals surface area (Å²) in [7, 11) is -3.64. The van der Waals surface area contributed by atoms with Gasteiger partial charge in [0, 0.05) is 24.7 Å². The van der Waals surface area contributed by atoms with Crippen molar-refractivity contribution in [2.24, 2.45) is 0 Å². The maximum atomic E-state index is 12.8. The minimum Gasteiger partial charge on any atom is -0.379 e. The first kappa shape index (κ1) is 18.4. The molecule has 1 heterocycles. The lowest BCUT2D eigenvalue weighted by atomic mass is 10.1. The Morgan fingerprint density at radius 3 is 2.32 bits per heavy atom. The second-order valence-electron chi connectivity index (χ2n) is 5.95. The van der Waals surface area contributed by atoms with Gasteiger partial charge in [0.15, 0.2) is 0 Å². The van der Waals surface area contributed by atoms with E-state index in [-0.39, 0.29) is 10.9 Å². The number of nitrogens with one attached hydrogen (secondary N) is 1. The predicted octanol–water partition coefficient (Wildman–Crippen LogP) is 2.69. The van der Waals surface area contributed by atoms with E-state index in [2.05, 4.69) is 9.62 Å². The average molecular weight is 381 g/mol. The smallest absolute Gasteiger partial charge is 0.241 e. The van der Waals surface area contributed by atoms with Crippen molar-refractivity contribution < 1.29 is 13.2 Å². The van der Waals surface area contributed by atoms with Crippen molar-refractivity contribution in [3.63, 3.8) is 0 Å². The highest BCUT2D eigenvalue weighted by atomic mass is 35.5. The quantitative estimate of drug-likeness (QED) is 0.837. The molecule has 1 N–H and O–H groups in total. The van der Waals surface area contributed by atoms with Gasteiger partial charge in [0.2, 0.25) is 10.0 Å². The number of benzene rings is 2. The molecule has 134 valence electrons. The monoisotopic (exact) mass is 380 g/mol. The molecule has 7 heteroatoms. The lowest BCUT2D eigenvalue weighted by Crippen LogP contribution is -2.43. The van der Waals surface area contributed by atoms with Gasteiger partial charge in [-0.05, 0) is 29.8 Å². The van der Waals surface area contributed by atoms with Gasteiger partial charge in [-0.15, -0.1) is 0 Å². The molecule has 25 heavy (non-hydrogen) atoms. The molecule has 0 spiro atoms. The van der Waals surface area contributed by atoms with Gasteiger partial charge in [-0.1, -0.05) is 41.9 Å². The Bertz CT molecular complexity index is 776. The van der Waals surface area contributed by atoms with E-state index in [1.165, 1.54) is 12.1 Å². The highest BCUT2D eigenvalue weighted by Gasteiger charge is 2.24. The fourth-order valence-corrected chi connectivity index (χ4v) is 4.15. The fraction of sp³-hybridized carbons (Fsp3) is 0.333. The Balaban J connectivity index is 1.82. The molecular weight excluding hydrogens is 360 g/mol. The van der Waals surface area contributed by atoms with Crippen LogP contribution in [0, 0.1) is 0 Å². The minimum absolute atomic E-state index is 0.208. The van der Waals surface area contributed by atoms with Crippen LogP contribution in [0.2, 0.25) is 5.02 Å². The van der Waals surface area contributed by atoms with Gasteiger partial charge in [0.05, 0.1) is 24.2 Å². The molecule has 2 aromatic rings. The van der Waals surface area contributed by atoms with Crippen LogP contribution in [0.15, 0.2) is 59.5 Å². The van der Waals surface area contributed by atoms with Gasteiger partial charge >= 0.3 is 0 Å². The number of sulfonamides is 1. The number of morpholine rings is 1. The Hall–Kier alpha value is -1.44. The first-order chi connectivity index (χ1) is 12.0. The van der Waals surface area contributed by atoms with Crippen LogP contribution in [0.5, 0.6) is 0 Å². The molecule has 0 amide bonds. The number of hydrogen-bond acceptors (Lipinski definition) is 4. The molecule has 0 saturated carbocycles. The predicted molar refractivity (Wildman–Crippen MR) is 98.2 cm³/mol. The lowest BCUT2D eigenvalue weighted by molar-refractivity contribution is 0.0345. The molecule has 3 rings (SSSR count). The average Bonchev–Trinajstić information content (AvgIpc) is 2.63. The van der Waals surface area contributed by atoms with Gasteiger partial charge < -0.3 is 4.74 Å². The normalized spacial score (nSPS) is 17.3. The summed E-state index contributed by atoms with van der Waals surface area (Å²) >= 11 is 5.86. The summed E-state index contributed by atoms with van der Waals surface area (Å²) in [4.78, 5) is 2.42. The Morgan fingerprint density at radius 2 is 1.68 bits per heavy atom. The molecule has 1 saturated heterocycles. The molecular formula is C18H21ClN2O3S. The van der Waals surface area contributed by atoms with E-state index in [1.54, 1.807) is 12.1 Å². The van der Waals surface area contributed by atoms with E-state index >= 15 is 0 Å². The molecule has 5 nitrogen and oxygen atoms in total. The van der Waals surface area contributed by atoms with Crippen molar-refractivity contribution in [2.75, 3.05) is 32.8 Å². The molecule has 0 aliphatic carbocycles. The van der Waals surface area contributed by atoms with Gasteiger partial charge in [0.1, 0.15) is 0 Å². The van der Waals surface area contributed by atoms with Gasteiger partial charge in [-0.3, -0.25) is 4.90 Å². The summed E-state index contributed by atoms with van der Waals surface area (Å²) < 4.78 is 33.8. The molecule has 1 atom stereocenters. The number of ether oxygens (including phenoxy) is 1. The van der Waals surface area contributed by atoms with Crippen LogP contribution in [-0.2, 0) is 14.8 Å². The van der Waals surface area contributed by atoms with Crippen LogP contribution in [0.3, 0.4) is 0 Å². The highest BCUT2D eigenvalue weighted by Crippen LogP contribution is 2.20. The van der Waals surface area contributed by atoms with E-state index in [0.29, 0.717) is 24.8 Å². The Morgan fingerprint density at radius 1 is 1.04 bits per heavy atom. The van der Waals surface area contributed by atoms with Crippen LogP contribution in [0.4, 0.5) is 0 Å². The molecule has 0 unspecified atom stereocenters. The topological polar surface area (TPSA) is 58.6 Å². The number of hydrogen-bond donors (Lipinski definition) is 1. The summed E-state index contributed by atoms with van der Waals surface area (Å²) in [5.41, 5.74) is 0.937. The molecule has 1 aliphatic rings. The maximum absolute atomic E-state index is 12.8. The van der Waals surface area contributed by atoms with Crippen molar-refractivity contribution >= 4 is 21.6 Å². The zero-order valence-corrected chi connectivity index (χ0v) is 15.3. The maximum Gasteiger partial charge on any atom is 0.241 e. The zero-order chi connectivity index (χ0) is 17.7. The summed E-state index contributed by atoms with van der Waals surface area (Å²) in [6.45, 7) is 3.54. The van der Waals surface area contributed by atoms with Gasteiger partial charge in [-0.25, -0.2) is 13.1 Å². The van der Waals surface area contributed by atoms with E-state index in [0.717, 1.165) is 18.7 Å². The SMILES string of the molecule is O=S(=O)(N[C@@H](CN1CCOCC1)c1ccccc1)c1ccc(Cl)cc1. The van der Waals surface area contributed by atoms with Crippen molar-refractivity contribution in [1.29, 1.82) is 0 Å². The van der Waals surface area contributed by atoms with Gasteiger partial charge in [0.25, 0.3) is 0 Å². The third-order valence-electron chi connectivity index (χ3n) is 4.17. The standard InChI is InChI=1S/C18H21ClN2O3S/c19-16-6-8-17(9-7-16)25(22,23)20-18(15-4-2-1-3-5-15)14-21-10-12-24-13-11-21/h1-9,18,20H,10-14H2/t18-/m0/s1. The molecule has 2 aromatic carbocycles. The van der Waals surface area contributed by atoms with Crippen molar-refractivity contribution in [1.82, 2.24) is 9.62 Å². The van der Waals surface area contributed by atoms with E-state index < -0.39 is 10.0 Å². The summed E-state index contributed by atoms with van der Waals surface area (Å²) in [6.07, 6.45) is 0. The number of rotatable bonds is 6. The molecule has 0 aromatic heterocycles. The first-order valence-corrected chi connectivity index (χ1v) is 10.0. The number of nitrogens with zero attached hydrogens (tertiary/aromatic N) is 1. The fourth-order valence-electron chi connectivity index (χ4n) is 2.81. The lowest BCUT2D eigenvalue weighted by Gasteiger charge is -2.31. The molecule has 1 aliphatic heterocycles. The largest absolute Gasteiger partial charge is 0.379 e. The third-order valence-corrected chi connectivity index (χ3v) is 5.91. The second kappa shape index (κ2) is 8.29. The minimum atomic E-state index is -3.64. The Kier molecular flexibility index (Phi) is 6.09. The van der Waals surface area contributed by atoms with Crippen LogP contribution >= 0.6 is 11.6 Å². The van der Waals surface area contributed by atoms with Crippen LogP contribution in [-0.4, -0.2) is 46.2 Å². The van der Waals surface area contributed by atoms with Crippen molar-refractivity contribution in [3.05, 3.63) is 65.2 Å². The summed E-state index contributed by atoms with van der Waals surface area (Å²) in [5.74, 6) is 0. The van der Waals surface area contributed by atoms with E-state index in [1.807, 2.05) is 30.3 Å². The van der Waals surface area contributed by atoms with Gasteiger partial charge in [-0.2, -0.15) is 0 Å². The van der Waals surface area contributed by atoms with Crippen LogP contribution in [0.25, 0.3) is 0 Å².